The van der Waals surface area contributed by atoms with Gasteiger partial charge in [-0.1, -0.05) is 29.8 Å². The highest BCUT2D eigenvalue weighted by Crippen LogP contribution is 2.21. The van der Waals surface area contributed by atoms with Crippen molar-refractivity contribution in [2.45, 2.75) is 26.7 Å². The number of carbonyl (C=O) groups excluding carboxylic acids is 1. The standard InChI is InChI=1S/C14H19BrClNO/c1-14(2,8-3-9-16)10-17-13(18)11-4-6-12(15)7-5-11/h4-7H,3,8-10H2,1-2H3,(H,17,18). The fourth-order valence-electron chi connectivity index (χ4n) is 1.66. The van der Waals surface area contributed by atoms with Crippen LogP contribution in [0.1, 0.15) is 37.0 Å². The summed E-state index contributed by atoms with van der Waals surface area (Å²) in [6.45, 7) is 4.95. The summed E-state index contributed by atoms with van der Waals surface area (Å²) in [6, 6.07) is 7.36. The molecule has 1 N–H and O–H groups in total. The minimum Gasteiger partial charge on any atom is -0.352 e. The summed E-state index contributed by atoms with van der Waals surface area (Å²) < 4.78 is 0.974. The Bertz CT molecular complexity index is 389. The molecule has 1 amide bonds. The van der Waals surface area contributed by atoms with E-state index in [0.29, 0.717) is 18.0 Å². The first-order chi connectivity index (χ1) is 8.44. The van der Waals surface area contributed by atoms with Gasteiger partial charge in [0.15, 0.2) is 0 Å². The fourth-order valence-corrected chi connectivity index (χ4v) is 2.05. The van der Waals surface area contributed by atoms with E-state index in [4.69, 9.17) is 11.6 Å². The zero-order valence-corrected chi connectivity index (χ0v) is 13.1. The first-order valence-corrected chi connectivity index (χ1v) is 7.37. The van der Waals surface area contributed by atoms with Gasteiger partial charge in [-0.05, 0) is 42.5 Å². The number of nitrogens with one attached hydrogen (secondary N) is 1. The van der Waals surface area contributed by atoms with Crippen molar-refractivity contribution in [3.63, 3.8) is 0 Å². The summed E-state index contributed by atoms with van der Waals surface area (Å²) in [7, 11) is 0. The van der Waals surface area contributed by atoms with Crippen molar-refractivity contribution in [3.8, 4) is 0 Å². The Balaban J connectivity index is 2.48. The van der Waals surface area contributed by atoms with E-state index in [1.165, 1.54) is 0 Å². The average molecular weight is 333 g/mol. The normalized spacial score (nSPS) is 11.3. The van der Waals surface area contributed by atoms with Crippen LogP contribution >= 0.6 is 27.5 Å². The lowest BCUT2D eigenvalue weighted by molar-refractivity contribution is 0.0934. The molecule has 2 nitrogen and oxygen atoms in total. The minimum absolute atomic E-state index is 0.0264. The Labute approximate surface area is 122 Å². The van der Waals surface area contributed by atoms with E-state index in [1.807, 2.05) is 24.3 Å². The molecule has 100 valence electrons. The maximum Gasteiger partial charge on any atom is 0.251 e. The highest BCUT2D eigenvalue weighted by atomic mass is 79.9. The van der Waals surface area contributed by atoms with Crippen LogP contribution in [0.5, 0.6) is 0 Å². The third-order valence-corrected chi connectivity index (χ3v) is 3.62. The van der Waals surface area contributed by atoms with Crippen molar-refractivity contribution in [2.75, 3.05) is 12.4 Å². The number of carbonyl (C=O) groups is 1. The third kappa shape index (κ3) is 5.40. The van der Waals surface area contributed by atoms with Gasteiger partial charge in [-0.15, -0.1) is 11.6 Å². The second kappa shape index (κ2) is 7.15. The molecule has 0 aromatic heterocycles. The second-order valence-corrected chi connectivity index (χ2v) is 6.44. The molecule has 1 rings (SSSR count). The zero-order valence-electron chi connectivity index (χ0n) is 10.8. The lowest BCUT2D eigenvalue weighted by atomic mass is 9.88. The highest BCUT2D eigenvalue weighted by Gasteiger charge is 2.18. The van der Waals surface area contributed by atoms with Crippen LogP contribution in [-0.2, 0) is 0 Å². The molecule has 4 heteroatoms. The van der Waals surface area contributed by atoms with Crippen LogP contribution in [0.25, 0.3) is 0 Å². The van der Waals surface area contributed by atoms with Gasteiger partial charge in [0.2, 0.25) is 0 Å². The van der Waals surface area contributed by atoms with Crippen LogP contribution in [0, 0.1) is 5.41 Å². The van der Waals surface area contributed by atoms with E-state index in [1.54, 1.807) is 0 Å². The smallest absolute Gasteiger partial charge is 0.251 e. The van der Waals surface area contributed by atoms with Gasteiger partial charge in [-0.25, -0.2) is 0 Å². The molecule has 0 spiro atoms. The van der Waals surface area contributed by atoms with Crippen LogP contribution in [0.3, 0.4) is 0 Å². The number of hydrogen-bond donors (Lipinski definition) is 1. The molecule has 0 aliphatic rings. The van der Waals surface area contributed by atoms with Gasteiger partial charge in [0.25, 0.3) is 5.91 Å². The Morgan fingerprint density at radius 1 is 1.33 bits per heavy atom. The Morgan fingerprint density at radius 3 is 2.50 bits per heavy atom. The molecule has 1 aromatic rings. The van der Waals surface area contributed by atoms with Gasteiger partial charge in [-0.2, -0.15) is 0 Å². The van der Waals surface area contributed by atoms with Gasteiger partial charge in [0.05, 0.1) is 0 Å². The number of halogens is 2. The second-order valence-electron chi connectivity index (χ2n) is 5.15. The Hall–Kier alpha value is -0.540. The van der Waals surface area contributed by atoms with E-state index in [0.717, 1.165) is 17.3 Å². The largest absolute Gasteiger partial charge is 0.352 e. The van der Waals surface area contributed by atoms with Crippen LogP contribution in [-0.4, -0.2) is 18.3 Å². The quantitative estimate of drug-likeness (QED) is 0.776. The lowest BCUT2D eigenvalue weighted by Gasteiger charge is -2.24. The van der Waals surface area contributed by atoms with Gasteiger partial charge in [-0.3, -0.25) is 4.79 Å². The SMILES string of the molecule is CC(C)(CCCCl)CNC(=O)c1ccc(Br)cc1. The maximum absolute atomic E-state index is 11.9. The molecule has 0 radical (unpaired) electrons. The summed E-state index contributed by atoms with van der Waals surface area (Å²) >= 11 is 9.04. The molecular formula is C14H19BrClNO. The molecule has 0 unspecified atom stereocenters. The van der Waals surface area contributed by atoms with Crippen molar-refractivity contribution < 1.29 is 4.79 Å². The van der Waals surface area contributed by atoms with Gasteiger partial charge in [0, 0.05) is 22.5 Å². The molecule has 0 saturated carbocycles. The summed E-state index contributed by atoms with van der Waals surface area (Å²) in [5.41, 5.74) is 0.770. The van der Waals surface area contributed by atoms with Crippen molar-refractivity contribution >= 4 is 33.4 Å². The van der Waals surface area contributed by atoms with Crippen LogP contribution in [0.4, 0.5) is 0 Å². The predicted molar refractivity (Wildman–Crippen MR) is 80.2 cm³/mol. The maximum atomic E-state index is 11.9. The molecule has 0 saturated heterocycles. The predicted octanol–water partition coefficient (Wildman–Crippen LogP) is 4.22. The lowest BCUT2D eigenvalue weighted by Crippen LogP contribution is -2.34. The van der Waals surface area contributed by atoms with E-state index >= 15 is 0 Å². The summed E-state index contributed by atoms with van der Waals surface area (Å²) in [5.74, 6) is 0.644. The van der Waals surface area contributed by atoms with E-state index in [-0.39, 0.29) is 11.3 Å². The molecule has 0 bridgehead atoms. The monoisotopic (exact) mass is 331 g/mol. The number of alkyl halides is 1. The van der Waals surface area contributed by atoms with Gasteiger partial charge in [0.1, 0.15) is 0 Å². The van der Waals surface area contributed by atoms with Gasteiger partial charge < -0.3 is 5.32 Å². The molecule has 0 atom stereocenters. The number of rotatable bonds is 6. The molecule has 0 aliphatic carbocycles. The molecule has 0 fully saturated rings. The van der Waals surface area contributed by atoms with Crippen molar-refractivity contribution in [3.05, 3.63) is 34.3 Å². The highest BCUT2D eigenvalue weighted by molar-refractivity contribution is 9.10. The Morgan fingerprint density at radius 2 is 1.94 bits per heavy atom. The van der Waals surface area contributed by atoms with Crippen LogP contribution < -0.4 is 5.32 Å². The Kier molecular flexibility index (Phi) is 6.16. The average Bonchev–Trinajstić information content (AvgIpc) is 2.35. The van der Waals surface area contributed by atoms with E-state index in [9.17, 15) is 4.79 Å². The van der Waals surface area contributed by atoms with Crippen molar-refractivity contribution in [2.24, 2.45) is 5.41 Å². The number of hydrogen-bond acceptors (Lipinski definition) is 1. The fraction of sp³-hybridized carbons (Fsp3) is 0.500. The van der Waals surface area contributed by atoms with Crippen LogP contribution in [0.2, 0.25) is 0 Å². The van der Waals surface area contributed by atoms with E-state index in [2.05, 4.69) is 35.1 Å². The number of amides is 1. The van der Waals surface area contributed by atoms with Crippen LogP contribution in [0.15, 0.2) is 28.7 Å². The summed E-state index contributed by atoms with van der Waals surface area (Å²) in [5, 5.41) is 2.97. The zero-order chi connectivity index (χ0) is 13.6. The van der Waals surface area contributed by atoms with Crippen molar-refractivity contribution in [1.29, 1.82) is 0 Å². The van der Waals surface area contributed by atoms with Crippen molar-refractivity contribution in [1.82, 2.24) is 5.32 Å². The number of benzene rings is 1. The summed E-state index contributed by atoms with van der Waals surface area (Å²) in [4.78, 5) is 11.9. The third-order valence-electron chi connectivity index (χ3n) is 2.82. The molecule has 1 aromatic carbocycles. The van der Waals surface area contributed by atoms with E-state index < -0.39 is 0 Å². The molecule has 0 heterocycles. The van der Waals surface area contributed by atoms with Gasteiger partial charge >= 0.3 is 0 Å². The molecule has 18 heavy (non-hydrogen) atoms. The summed E-state index contributed by atoms with van der Waals surface area (Å²) in [6.07, 6.45) is 1.99. The first-order valence-electron chi connectivity index (χ1n) is 6.04. The molecular weight excluding hydrogens is 314 g/mol. The first kappa shape index (κ1) is 15.5. The molecule has 0 aliphatic heterocycles. The topological polar surface area (TPSA) is 29.1 Å². The minimum atomic E-state index is -0.0264.